The SMILES string of the molecule is C#C/C=C\C=C1\NCCC1=C.CC. The van der Waals surface area contributed by atoms with Crippen molar-refractivity contribution in [2.75, 3.05) is 6.54 Å². The van der Waals surface area contributed by atoms with Crippen LogP contribution >= 0.6 is 0 Å². The number of hydrogen-bond donors (Lipinski definition) is 1. The number of terminal acetylenes is 1. The lowest BCUT2D eigenvalue weighted by Crippen LogP contribution is -2.02. The fourth-order valence-electron chi connectivity index (χ4n) is 0.984. The second-order valence-corrected chi connectivity index (χ2v) is 2.39. The third kappa shape index (κ3) is 4.22. The molecule has 0 aromatic heterocycles. The largest absolute Gasteiger partial charge is 0.385 e. The van der Waals surface area contributed by atoms with Crippen molar-refractivity contribution in [3.05, 3.63) is 36.1 Å². The van der Waals surface area contributed by atoms with Gasteiger partial charge in [0.05, 0.1) is 0 Å². The van der Waals surface area contributed by atoms with Crippen LogP contribution in [0.4, 0.5) is 0 Å². The van der Waals surface area contributed by atoms with Gasteiger partial charge in [0.2, 0.25) is 0 Å². The molecule has 1 aliphatic rings. The van der Waals surface area contributed by atoms with Crippen LogP contribution in [-0.4, -0.2) is 6.54 Å². The summed E-state index contributed by atoms with van der Waals surface area (Å²) in [5, 5.41) is 3.21. The Morgan fingerprint density at radius 1 is 1.54 bits per heavy atom. The van der Waals surface area contributed by atoms with Crippen LogP contribution in [0.2, 0.25) is 0 Å². The van der Waals surface area contributed by atoms with Crippen molar-refractivity contribution in [3.63, 3.8) is 0 Å². The van der Waals surface area contributed by atoms with Crippen LogP contribution in [0.3, 0.4) is 0 Å². The number of nitrogens with one attached hydrogen (secondary N) is 1. The molecule has 0 bridgehead atoms. The van der Waals surface area contributed by atoms with Gasteiger partial charge in [0.15, 0.2) is 0 Å². The van der Waals surface area contributed by atoms with Crippen LogP contribution in [0.25, 0.3) is 0 Å². The van der Waals surface area contributed by atoms with Crippen LogP contribution in [-0.2, 0) is 0 Å². The molecule has 0 amide bonds. The van der Waals surface area contributed by atoms with Crippen molar-refractivity contribution in [1.29, 1.82) is 0 Å². The number of allylic oxidation sites excluding steroid dienone is 4. The third-order valence-corrected chi connectivity index (χ3v) is 1.58. The van der Waals surface area contributed by atoms with Crippen LogP contribution in [0, 0.1) is 12.3 Å². The monoisotopic (exact) mass is 175 g/mol. The Morgan fingerprint density at radius 3 is 2.69 bits per heavy atom. The topological polar surface area (TPSA) is 12.0 Å². The van der Waals surface area contributed by atoms with Crippen molar-refractivity contribution in [3.8, 4) is 12.3 Å². The first-order chi connectivity index (χ1) is 6.34. The molecular weight excluding hydrogens is 158 g/mol. The minimum absolute atomic E-state index is 0.995. The fraction of sp³-hybridized carbons (Fsp3) is 0.333. The molecule has 0 spiro atoms. The normalized spacial score (nSPS) is 17.9. The minimum atomic E-state index is 0.995. The van der Waals surface area contributed by atoms with E-state index in [9.17, 15) is 0 Å². The smallest absolute Gasteiger partial charge is 0.0367 e. The number of hydrogen-bond acceptors (Lipinski definition) is 1. The van der Waals surface area contributed by atoms with E-state index in [1.165, 1.54) is 0 Å². The van der Waals surface area contributed by atoms with Gasteiger partial charge < -0.3 is 5.32 Å². The molecule has 13 heavy (non-hydrogen) atoms. The Kier molecular flexibility index (Phi) is 6.45. The zero-order valence-electron chi connectivity index (χ0n) is 8.43. The maximum atomic E-state index is 5.04. The lowest BCUT2D eigenvalue weighted by Gasteiger charge is -1.95. The Bertz CT molecular complexity index is 251. The lowest BCUT2D eigenvalue weighted by molar-refractivity contribution is 0.915. The molecule has 0 saturated carbocycles. The molecule has 1 saturated heterocycles. The van der Waals surface area contributed by atoms with Gasteiger partial charge >= 0.3 is 0 Å². The number of rotatable bonds is 1. The van der Waals surface area contributed by atoms with E-state index in [2.05, 4.69) is 17.8 Å². The molecule has 1 fully saturated rings. The van der Waals surface area contributed by atoms with Gasteiger partial charge in [-0.05, 0) is 24.1 Å². The van der Waals surface area contributed by atoms with E-state index in [4.69, 9.17) is 6.42 Å². The molecule has 1 N–H and O–H groups in total. The summed E-state index contributed by atoms with van der Waals surface area (Å²) in [6.07, 6.45) is 11.5. The van der Waals surface area contributed by atoms with E-state index in [1.807, 2.05) is 26.0 Å². The summed E-state index contributed by atoms with van der Waals surface area (Å²) in [6.45, 7) is 8.89. The van der Waals surface area contributed by atoms with Crippen LogP contribution < -0.4 is 5.32 Å². The molecule has 0 unspecified atom stereocenters. The summed E-state index contributed by atoms with van der Waals surface area (Å²) < 4.78 is 0. The molecule has 1 aliphatic heterocycles. The molecule has 0 radical (unpaired) electrons. The van der Waals surface area contributed by atoms with Gasteiger partial charge in [-0.1, -0.05) is 32.4 Å². The van der Waals surface area contributed by atoms with E-state index in [1.54, 1.807) is 6.08 Å². The highest BCUT2D eigenvalue weighted by Gasteiger charge is 2.07. The molecule has 0 atom stereocenters. The molecule has 1 rings (SSSR count). The average molecular weight is 175 g/mol. The van der Waals surface area contributed by atoms with Gasteiger partial charge in [-0.25, -0.2) is 0 Å². The third-order valence-electron chi connectivity index (χ3n) is 1.58. The molecule has 70 valence electrons. The van der Waals surface area contributed by atoms with Crippen molar-refractivity contribution in [2.45, 2.75) is 20.3 Å². The summed E-state index contributed by atoms with van der Waals surface area (Å²) in [7, 11) is 0. The highest BCUT2D eigenvalue weighted by atomic mass is 14.9. The second-order valence-electron chi connectivity index (χ2n) is 2.39. The van der Waals surface area contributed by atoms with Crippen LogP contribution in [0.1, 0.15) is 20.3 Å². The minimum Gasteiger partial charge on any atom is -0.385 e. The highest BCUT2D eigenvalue weighted by Crippen LogP contribution is 2.14. The Hall–Kier alpha value is -1.42. The molecule has 1 nitrogen and oxygen atoms in total. The predicted molar refractivity (Wildman–Crippen MR) is 59.2 cm³/mol. The van der Waals surface area contributed by atoms with Gasteiger partial charge in [0, 0.05) is 12.2 Å². The fourth-order valence-corrected chi connectivity index (χ4v) is 0.984. The van der Waals surface area contributed by atoms with Crippen molar-refractivity contribution in [2.24, 2.45) is 0 Å². The Labute approximate surface area is 81.2 Å². The summed E-state index contributed by atoms with van der Waals surface area (Å²) in [6, 6.07) is 0. The van der Waals surface area contributed by atoms with E-state index in [0.717, 1.165) is 24.2 Å². The predicted octanol–water partition coefficient (Wildman–Crippen LogP) is 2.64. The quantitative estimate of drug-likeness (QED) is 0.604. The Morgan fingerprint density at radius 2 is 2.23 bits per heavy atom. The summed E-state index contributed by atoms with van der Waals surface area (Å²) in [4.78, 5) is 0. The lowest BCUT2D eigenvalue weighted by atomic mass is 10.2. The van der Waals surface area contributed by atoms with Gasteiger partial charge in [-0.3, -0.25) is 0 Å². The first kappa shape index (κ1) is 11.6. The van der Waals surface area contributed by atoms with Crippen LogP contribution in [0.15, 0.2) is 36.1 Å². The highest BCUT2D eigenvalue weighted by molar-refractivity contribution is 5.34. The average Bonchev–Trinajstić information content (AvgIpc) is 2.56. The molecule has 1 heteroatoms. The first-order valence-corrected chi connectivity index (χ1v) is 4.59. The summed E-state index contributed by atoms with van der Waals surface area (Å²) >= 11 is 0. The Balaban J connectivity index is 0.000000671. The first-order valence-electron chi connectivity index (χ1n) is 4.59. The van der Waals surface area contributed by atoms with Crippen LogP contribution in [0.5, 0.6) is 0 Å². The molecule has 0 aromatic rings. The maximum absolute atomic E-state index is 5.04. The zero-order chi connectivity index (χ0) is 10.1. The van der Waals surface area contributed by atoms with E-state index in [-0.39, 0.29) is 0 Å². The van der Waals surface area contributed by atoms with Gasteiger partial charge in [0.1, 0.15) is 0 Å². The van der Waals surface area contributed by atoms with E-state index >= 15 is 0 Å². The molecular formula is C12H17N. The van der Waals surface area contributed by atoms with Crippen molar-refractivity contribution in [1.82, 2.24) is 5.32 Å². The summed E-state index contributed by atoms with van der Waals surface area (Å²) in [5.41, 5.74) is 2.27. The molecule has 0 aliphatic carbocycles. The van der Waals surface area contributed by atoms with Gasteiger partial charge in [0.25, 0.3) is 0 Å². The second kappa shape index (κ2) is 7.24. The standard InChI is InChI=1S/C10H11N.C2H6/c1-3-4-5-6-10-9(2)7-8-11-10;1-2/h1,4-6,11H,2,7-8H2;1-2H3/b5-4-,10-6+;. The molecule has 0 aromatic carbocycles. The van der Waals surface area contributed by atoms with E-state index < -0.39 is 0 Å². The molecule has 1 heterocycles. The summed E-state index contributed by atoms with van der Waals surface area (Å²) in [5.74, 6) is 2.42. The van der Waals surface area contributed by atoms with E-state index in [0.29, 0.717) is 0 Å². The maximum Gasteiger partial charge on any atom is 0.0367 e. The van der Waals surface area contributed by atoms with Crippen molar-refractivity contribution >= 4 is 0 Å². The van der Waals surface area contributed by atoms with Gasteiger partial charge in [-0.15, -0.1) is 6.42 Å². The zero-order valence-corrected chi connectivity index (χ0v) is 8.43. The van der Waals surface area contributed by atoms with Crippen molar-refractivity contribution < 1.29 is 0 Å². The van der Waals surface area contributed by atoms with Gasteiger partial charge in [-0.2, -0.15) is 0 Å².